The fraction of sp³-hybridized carbons (Fsp3) is 0.417. The summed E-state index contributed by atoms with van der Waals surface area (Å²) in [5.41, 5.74) is -0.0965. The van der Waals surface area contributed by atoms with E-state index in [0.29, 0.717) is 30.1 Å². The number of carbonyl (C=O) groups is 1. The Morgan fingerprint density at radius 3 is 3.00 bits per heavy atom. The molecule has 1 aliphatic rings. The number of hydrogen-bond acceptors (Lipinski definition) is 6. The first-order valence-electron chi connectivity index (χ1n) is 6.15. The summed E-state index contributed by atoms with van der Waals surface area (Å²) in [5, 5.41) is 20.7. The molecular formula is C12H13N5O3. The van der Waals surface area contributed by atoms with E-state index < -0.39 is 11.4 Å². The van der Waals surface area contributed by atoms with Gasteiger partial charge in [-0.1, -0.05) is 0 Å². The average molecular weight is 275 g/mol. The number of methoxy groups -OCH3 is 1. The van der Waals surface area contributed by atoms with Crippen molar-refractivity contribution in [2.24, 2.45) is 5.41 Å². The van der Waals surface area contributed by atoms with Gasteiger partial charge in [0.2, 0.25) is 5.88 Å². The van der Waals surface area contributed by atoms with Crippen LogP contribution in [0, 0.1) is 5.41 Å². The van der Waals surface area contributed by atoms with E-state index in [1.165, 1.54) is 11.8 Å². The highest BCUT2D eigenvalue weighted by atomic mass is 16.5. The molecule has 1 aliphatic carbocycles. The van der Waals surface area contributed by atoms with Gasteiger partial charge in [-0.15, -0.1) is 5.10 Å². The first kappa shape index (κ1) is 12.5. The van der Waals surface area contributed by atoms with Crippen molar-refractivity contribution in [1.82, 2.24) is 25.2 Å². The van der Waals surface area contributed by atoms with Crippen LogP contribution in [0.1, 0.15) is 12.8 Å². The molecule has 1 fully saturated rings. The highest BCUT2D eigenvalue weighted by molar-refractivity contribution is 5.77. The number of aromatic nitrogens is 5. The van der Waals surface area contributed by atoms with Gasteiger partial charge in [-0.05, 0) is 35.4 Å². The molecule has 2 aromatic rings. The maximum atomic E-state index is 11.3. The van der Waals surface area contributed by atoms with E-state index in [1.54, 1.807) is 18.3 Å². The molecule has 0 bridgehead atoms. The van der Waals surface area contributed by atoms with Gasteiger partial charge in [0.15, 0.2) is 5.82 Å². The normalized spacial score (nSPS) is 15.8. The topological polar surface area (TPSA) is 103 Å². The quantitative estimate of drug-likeness (QED) is 0.852. The zero-order chi connectivity index (χ0) is 14.2. The Bertz CT molecular complexity index is 650. The summed E-state index contributed by atoms with van der Waals surface area (Å²) < 4.78 is 6.68. The van der Waals surface area contributed by atoms with Crippen LogP contribution in [0.15, 0.2) is 18.3 Å². The lowest BCUT2D eigenvalue weighted by Gasteiger charge is -2.11. The van der Waals surface area contributed by atoms with Crippen LogP contribution in [-0.4, -0.2) is 43.4 Å². The van der Waals surface area contributed by atoms with Crippen LogP contribution in [0.5, 0.6) is 5.88 Å². The maximum Gasteiger partial charge on any atom is 0.311 e. The summed E-state index contributed by atoms with van der Waals surface area (Å²) in [6.07, 6.45) is 2.90. The molecule has 104 valence electrons. The third-order valence-corrected chi connectivity index (χ3v) is 3.50. The average Bonchev–Trinajstić information content (AvgIpc) is 3.10. The number of pyridine rings is 1. The molecule has 0 saturated heterocycles. The van der Waals surface area contributed by atoms with Crippen LogP contribution < -0.4 is 4.74 Å². The zero-order valence-electron chi connectivity index (χ0n) is 10.9. The summed E-state index contributed by atoms with van der Waals surface area (Å²) in [6, 6.07) is 3.54. The molecule has 0 unspecified atom stereocenters. The minimum atomic E-state index is -0.808. The summed E-state index contributed by atoms with van der Waals surface area (Å²) in [6.45, 7) is 0.253. The Hall–Kier alpha value is -2.51. The zero-order valence-corrected chi connectivity index (χ0v) is 10.9. The largest absolute Gasteiger partial charge is 0.481 e. The standard InChI is InChI=1S/C12H13N5O3/c1-20-10-8(3-2-6-13-10)9-14-15-16-17(9)7-12(4-5-12)11(18)19/h2-3,6H,4-5,7H2,1H3,(H,18,19). The van der Waals surface area contributed by atoms with Gasteiger partial charge in [-0.2, -0.15) is 0 Å². The number of tetrazole rings is 1. The Morgan fingerprint density at radius 2 is 2.35 bits per heavy atom. The monoisotopic (exact) mass is 275 g/mol. The van der Waals surface area contributed by atoms with Gasteiger partial charge in [0, 0.05) is 6.20 Å². The second-order valence-corrected chi connectivity index (χ2v) is 4.81. The van der Waals surface area contributed by atoms with Crippen molar-refractivity contribution >= 4 is 5.97 Å². The van der Waals surface area contributed by atoms with Gasteiger partial charge >= 0.3 is 5.97 Å². The highest BCUT2D eigenvalue weighted by Crippen LogP contribution is 2.47. The second-order valence-electron chi connectivity index (χ2n) is 4.81. The Labute approximate surface area is 114 Å². The molecular weight excluding hydrogens is 262 g/mol. The number of hydrogen-bond donors (Lipinski definition) is 1. The number of carboxylic acid groups (broad SMARTS) is 1. The van der Waals surface area contributed by atoms with E-state index in [1.807, 2.05) is 0 Å². The van der Waals surface area contributed by atoms with Gasteiger partial charge in [0.1, 0.15) is 0 Å². The predicted molar refractivity (Wildman–Crippen MR) is 66.9 cm³/mol. The number of ether oxygens (including phenoxy) is 1. The number of nitrogens with zero attached hydrogens (tertiary/aromatic N) is 5. The van der Waals surface area contributed by atoms with Gasteiger partial charge in [-0.3, -0.25) is 4.79 Å². The number of carboxylic acids is 1. The fourth-order valence-corrected chi connectivity index (χ4v) is 2.10. The van der Waals surface area contributed by atoms with Crippen molar-refractivity contribution in [2.75, 3.05) is 7.11 Å². The lowest BCUT2D eigenvalue weighted by Crippen LogP contribution is -2.22. The van der Waals surface area contributed by atoms with Crippen LogP contribution >= 0.6 is 0 Å². The van der Waals surface area contributed by atoms with Gasteiger partial charge < -0.3 is 9.84 Å². The summed E-state index contributed by atoms with van der Waals surface area (Å²) in [7, 11) is 1.51. The number of aliphatic carboxylic acids is 1. The van der Waals surface area contributed by atoms with Crippen LogP contribution in [0.2, 0.25) is 0 Å². The van der Waals surface area contributed by atoms with E-state index in [-0.39, 0.29) is 6.54 Å². The van der Waals surface area contributed by atoms with E-state index in [2.05, 4.69) is 20.5 Å². The summed E-state index contributed by atoms with van der Waals surface area (Å²) in [4.78, 5) is 15.4. The van der Waals surface area contributed by atoms with E-state index in [9.17, 15) is 9.90 Å². The number of rotatable bonds is 5. The lowest BCUT2D eigenvalue weighted by molar-refractivity contribution is -0.144. The van der Waals surface area contributed by atoms with Crippen molar-refractivity contribution in [1.29, 1.82) is 0 Å². The maximum absolute atomic E-state index is 11.3. The van der Waals surface area contributed by atoms with Crippen LogP contribution in [0.3, 0.4) is 0 Å². The van der Waals surface area contributed by atoms with Crippen LogP contribution in [0.4, 0.5) is 0 Å². The molecule has 0 radical (unpaired) electrons. The van der Waals surface area contributed by atoms with Crippen LogP contribution in [0.25, 0.3) is 11.4 Å². The molecule has 0 aromatic carbocycles. The van der Waals surface area contributed by atoms with E-state index >= 15 is 0 Å². The molecule has 2 heterocycles. The van der Waals surface area contributed by atoms with Crippen molar-refractivity contribution in [2.45, 2.75) is 19.4 Å². The molecule has 1 N–H and O–H groups in total. The molecule has 1 saturated carbocycles. The molecule has 3 rings (SSSR count). The van der Waals surface area contributed by atoms with E-state index in [0.717, 1.165) is 0 Å². The molecule has 0 amide bonds. The van der Waals surface area contributed by atoms with Crippen LogP contribution in [-0.2, 0) is 11.3 Å². The molecule has 8 nitrogen and oxygen atoms in total. The Kier molecular flexibility index (Phi) is 2.85. The third-order valence-electron chi connectivity index (χ3n) is 3.50. The second kappa shape index (κ2) is 4.55. The Balaban J connectivity index is 1.96. The van der Waals surface area contributed by atoms with Gasteiger partial charge in [0.05, 0.1) is 24.6 Å². The first-order valence-corrected chi connectivity index (χ1v) is 6.15. The third kappa shape index (κ3) is 1.98. The fourth-order valence-electron chi connectivity index (χ4n) is 2.10. The summed E-state index contributed by atoms with van der Waals surface area (Å²) in [5.74, 6) is 0.0586. The van der Waals surface area contributed by atoms with Gasteiger partial charge in [-0.25, -0.2) is 9.67 Å². The first-order chi connectivity index (χ1) is 9.66. The molecule has 2 aromatic heterocycles. The minimum Gasteiger partial charge on any atom is -0.481 e. The SMILES string of the molecule is COc1ncccc1-c1nnnn1CC1(C(=O)O)CC1. The molecule has 8 heteroatoms. The molecule has 0 spiro atoms. The molecule has 20 heavy (non-hydrogen) atoms. The highest BCUT2D eigenvalue weighted by Gasteiger charge is 2.51. The predicted octanol–water partition coefficient (Wildman–Crippen LogP) is 0.608. The van der Waals surface area contributed by atoms with Crippen molar-refractivity contribution in [3.05, 3.63) is 18.3 Å². The molecule has 0 aliphatic heterocycles. The lowest BCUT2D eigenvalue weighted by atomic mass is 10.1. The molecule has 0 atom stereocenters. The smallest absolute Gasteiger partial charge is 0.311 e. The van der Waals surface area contributed by atoms with Gasteiger partial charge in [0.25, 0.3) is 0 Å². The summed E-state index contributed by atoms with van der Waals surface area (Å²) >= 11 is 0. The van der Waals surface area contributed by atoms with E-state index in [4.69, 9.17) is 4.74 Å². The van der Waals surface area contributed by atoms with Crippen molar-refractivity contribution in [3.63, 3.8) is 0 Å². The Morgan fingerprint density at radius 1 is 1.55 bits per heavy atom. The van der Waals surface area contributed by atoms with Crippen molar-refractivity contribution in [3.8, 4) is 17.3 Å². The van der Waals surface area contributed by atoms with Crippen molar-refractivity contribution < 1.29 is 14.6 Å². The minimum absolute atomic E-state index is 0.253.